The molecule has 1 aromatic carbocycles. The Balaban J connectivity index is 1.53. The highest BCUT2D eigenvalue weighted by Crippen LogP contribution is 2.59. The van der Waals surface area contributed by atoms with Crippen molar-refractivity contribution in [3.8, 4) is 0 Å². The Morgan fingerprint density at radius 1 is 1.20 bits per heavy atom. The Morgan fingerprint density at radius 3 is 2.51 bits per heavy atom. The number of nitrogens with one attached hydrogen (secondary N) is 2. The number of aliphatic hydroxyl groups excluding tert-OH is 1. The number of rotatable bonds is 8. The summed E-state index contributed by atoms with van der Waals surface area (Å²) in [7, 11) is -5.77. The molecular formula is C25H29F2N4O7PS2. The Morgan fingerprint density at radius 2 is 1.90 bits per heavy atom. The third kappa shape index (κ3) is 6.50. The van der Waals surface area contributed by atoms with Crippen LogP contribution in [-0.2, 0) is 26.4 Å². The quantitative estimate of drug-likeness (QED) is 0.234. The van der Waals surface area contributed by atoms with E-state index in [9.17, 15) is 32.8 Å². The minimum Gasteiger partial charge on any atom is -0.391 e. The number of carbonyl (C=O) groups excluding carboxylic acids is 3. The zero-order valence-corrected chi connectivity index (χ0v) is 24.8. The number of thiazole rings is 1. The van der Waals surface area contributed by atoms with E-state index in [0.717, 1.165) is 34.8 Å². The molecule has 1 saturated heterocycles. The Hall–Kier alpha value is -2.81. The minimum atomic E-state index is -5.77. The molecule has 3 amide bonds. The molecule has 2 atom stereocenters. The second-order valence-electron chi connectivity index (χ2n) is 10.7. The van der Waals surface area contributed by atoms with Crippen LogP contribution in [0.5, 0.6) is 0 Å². The molecule has 1 aliphatic rings. The number of hydrogen-bond acceptors (Lipinski definition) is 8. The molecule has 41 heavy (non-hydrogen) atoms. The first-order valence-electron chi connectivity index (χ1n) is 12.5. The van der Waals surface area contributed by atoms with Gasteiger partial charge in [0.05, 0.1) is 16.4 Å². The molecule has 3 heterocycles. The zero-order valence-electron chi connectivity index (χ0n) is 22.3. The topological polar surface area (TPSA) is 169 Å². The number of nitrogens with zero attached hydrogens (tertiary/aromatic N) is 2. The standard InChI is InChI=1S/C25H29F2N4O7PS2/c1-24(2,3)19(22(35)31-8-4-5-16(31)20(33)30-23-28-11-15(12-32)40-23)29-21(34)18-10-13-9-14(6-7-17(13)41-18)25(26,27)39(36,37)38/h6-7,9-11,16,19,32H,4-5,8,12H2,1-3H3,(H,29,34)(H,28,30,33)(H2,36,37,38)/t16-,19?/m0/s1. The van der Waals surface area contributed by atoms with Gasteiger partial charge in [-0.05, 0) is 41.8 Å². The molecule has 0 radical (unpaired) electrons. The maximum absolute atomic E-state index is 14.2. The van der Waals surface area contributed by atoms with E-state index in [1.807, 2.05) is 0 Å². The smallest absolute Gasteiger partial charge is 0.391 e. The first-order chi connectivity index (χ1) is 19.0. The summed E-state index contributed by atoms with van der Waals surface area (Å²) in [4.78, 5) is 64.3. The van der Waals surface area contributed by atoms with Crippen LogP contribution < -0.4 is 10.6 Å². The van der Waals surface area contributed by atoms with E-state index in [4.69, 9.17) is 9.79 Å². The van der Waals surface area contributed by atoms with E-state index >= 15 is 0 Å². The molecule has 11 nitrogen and oxygen atoms in total. The van der Waals surface area contributed by atoms with Crippen molar-refractivity contribution in [3.05, 3.63) is 45.8 Å². The normalized spacial score (nSPS) is 17.1. The van der Waals surface area contributed by atoms with Crippen molar-refractivity contribution in [1.29, 1.82) is 0 Å². The predicted molar refractivity (Wildman–Crippen MR) is 150 cm³/mol. The van der Waals surface area contributed by atoms with Gasteiger partial charge >= 0.3 is 13.3 Å². The van der Waals surface area contributed by atoms with E-state index in [0.29, 0.717) is 34.1 Å². The molecule has 0 saturated carbocycles. The van der Waals surface area contributed by atoms with E-state index in [1.54, 1.807) is 20.8 Å². The SMILES string of the molecule is CC(C)(C)C(NC(=O)c1cc2cc(C(F)(F)P(=O)(O)O)ccc2s1)C(=O)N1CCC[C@H]1C(=O)Nc1ncc(CO)s1. The summed E-state index contributed by atoms with van der Waals surface area (Å²) in [5.74, 6) is -1.52. The van der Waals surface area contributed by atoms with Gasteiger partial charge in [-0.1, -0.05) is 38.2 Å². The maximum atomic E-state index is 14.2. The average molecular weight is 631 g/mol. The number of alkyl halides is 2. The van der Waals surface area contributed by atoms with Gasteiger partial charge in [0.25, 0.3) is 5.91 Å². The summed E-state index contributed by atoms with van der Waals surface area (Å²) in [6.07, 6.45) is 2.44. The summed E-state index contributed by atoms with van der Waals surface area (Å²) < 4.78 is 40.1. The largest absolute Gasteiger partial charge is 0.399 e. The van der Waals surface area contributed by atoms with Gasteiger partial charge < -0.3 is 30.4 Å². The molecule has 5 N–H and O–H groups in total. The molecule has 16 heteroatoms. The summed E-state index contributed by atoms with van der Waals surface area (Å²) in [6, 6.07) is 2.57. The van der Waals surface area contributed by atoms with E-state index in [1.165, 1.54) is 23.2 Å². The first-order valence-corrected chi connectivity index (χ1v) is 15.7. The van der Waals surface area contributed by atoms with Crippen LogP contribution in [0, 0.1) is 5.41 Å². The van der Waals surface area contributed by atoms with E-state index in [2.05, 4.69) is 15.6 Å². The molecular weight excluding hydrogens is 601 g/mol. The van der Waals surface area contributed by atoms with Crippen molar-refractivity contribution in [2.24, 2.45) is 5.41 Å². The molecule has 1 fully saturated rings. The molecule has 1 unspecified atom stereocenters. The van der Waals surface area contributed by atoms with Crippen LogP contribution in [0.25, 0.3) is 10.1 Å². The van der Waals surface area contributed by atoms with Crippen LogP contribution >= 0.6 is 30.3 Å². The maximum Gasteiger partial charge on any atom is 0.399 e. The highest BCUT2D eigenvalue weighted by atomic mass is 32.1. The number of amides is 3. The van der Waals surface area contributed by atoms with Crippen molar-refractivity contribution in [3.63, 3.8) is 0 Å². The molecule has 4 rings (SSSR count). The second kappa shape index (κ2) is 11.5. The Kier molecular flexibility index (Phi) is 8.70. The first kappa shape index (κ1) is 31.1. The van der Waals surface area contributed by atoms with Crippen molar-refractivity contribution >= 4 is 63.2 Å². The minimum absolute atomic E-state index is 0.109. The summed E-state index contributed by atoms with van der Waals surface area (Å²) >= 11 is 2.09. The van der Waals surface area contributed by atoms with Crippen molar-refractivity contribution in [2.75, 3.05) is 11.9 Å². The lowest BCUT2D eigenvalue weighted by Crippen LogP contribution is -2.57. The van der Waals surface area contributed by atoms with Crippen LogP contribution in [0.3, 0.4) is 0 Å². The monoisotopic (exact) mass is 630 g/mol. The van der Waals surface area contributed by atoms with Crippen molar-refractivity contribution < 1.29 is 42.6 Å². The number of thiophene rings is 1. The van der Waals surface area contributed by atoms with Gasteiger partial charge in [0, 0.05) is 23.0 Å². The van der Waals surface area contributed by atoms with Crippen molar-refractivity contribution in [1.82, 2.24) is 15.2 Å². The van der Waals surface area contributed by atoms with Gasteiger partial charge in [-0.2, -0.15) is 8.78 Å². The number of hydrogen-bond donors (Lipinski definition) is 5. The molecule has 0 spiro atoms. The number of anilines is 1. The molecule has 1 aliphatic heterocycles. The third-order valence-electron chi connectivity index (χ3n) is 6.62. The Bertz CT molecular complexity index is 1530. The molecule has 2 aromatic heterocycles. The average Bonchev–Trinajstić information content (AvgIpc) is 3.64. The van der Waals surface area contributed by atoms with E-state index in [-0.39, 0.29) is 16.9 Å². The fourth-order valence-corrected chi connectivity index (χ4v) is 6.55. The number of likely N-dealkylation sites (tertiary alicyclic amines) is 1. The number of halogens is 2. The predicted octanol–water partition coefficient (Wildman–Crippen LogP) is 3.85. The highest BCUT2D eigenvalue weighted by molar-refractivity contribution is 7.52. The lowest BCUT2D eigenvalue weighted by atomic mass is 9.85. The zero-order chi connectivity index (χ0) is 30.3. The van der Waals surface area contributed by atoms with E-state index < -0.39 is 54.0 Å². The Labute approximate surface area is 241 Å². The summed E-state index contributed by atoms with van der Waals surface area (Å²) in [5, 5.41) is 15.1. The fourth-order valence-electron chi connectivity index (χ4n) is 4.46. The third-order valence-corrected chi connectivity index (χ3v) is 9.62. The lowest BCUT2D eigenvalue weighted by Gasteiger charge is -2.35. The van der Waals surface area contributed by atoms with Crippen LogP contribution in [0.2, 0.25) is 0 Å². The van der Waals surface area contributed by atoms with Crippen LogP contribution in [-0.4, -0.2) is 61.1 Å². The fraction of sp³-hybridized carbons (Fsp3) is 0.440. The van der Waals surface area contributed by atoms with Gasteiger partial charge in [0.15, 0.2) is 5.13 Å². The summed E-state index contributed by atoms with van der Waals surface area (Å²) in [5.41, 5.74) is -6.04. The number of aromatic nitrogens is 1. The van der Waals surface area contributed by atoms with Gasteiger partial charge in [-0.25, -0.2) is 4.98 Å². The van der Waals surface area contributed by atoms with Crippen LogP contribution in [0.1, 0.15) is 53.7 Å². The lowest BCUT2D eigenvalue weighted by molar-refractivity contribution is -0.140. The number of fused-ring (bicyclic) bond motifs is 1. The molecule has 222 valence electrons. The number of carbonyl (C=O) groups is 3. The number of aliphatic hydroxyl groups is 1. The van der Waals surface area contributed by atoms with Crippen LogP contribution in [0.4, 0.5) is 13.9 Å². The van der Waals surface area contributed by atoms with Gasteiger partial charge in [0.1, 0.15) is 12.1 Å². The van der Waals surface area contributed by atoms with Gasteiger partial charge in [-0.15, -0.1) is 11.3 Å². The second-order valence-corrected chi connectivity index (χ2v) is 14.5. The van der Waals surface area contributed by atoms with Crippen molar-refractivity contribution in [2.45, 2.75) is 58.0 Å². The summed E-state index contributed by atoms with van der Waals surface area (Å²) in [6.45, 7) is 5.37. The molecule has 0 bridgehead atoms. The highest BCUT2D eigenvalue weighted by Gasteiger charge is 2.50. The van der Waals surface area contributed by atoms with Gasteiger partial charge in [-0.3, -0.25) is 18.9 Å². The van der Waals surface area contributed by atoms with Crippen LogP contribution in [0.15, 0.2) is 30.5 Å². The number of benzene rings is 1. The van der Waals surface area contributed by atoms with Gasteiger partial charge in [0.2, 0.25) is 11.8 Å². The molecule has 0 aliphatic carbocycles. The molecule has 3 aromatic rings.